The summed E-state index contributed by atoms with van der Waals surface area (Å²) in [6.45, 7) is 3.99. The second-order valence-electron chi connectivity index (χ2n) is 6.62. The van der Waals surface area contributed by atoms with Gasteiger partial charge in [0.2, 0.25) is 0 Å². The number of nitrogens with one attached hydrogen (secondary N) is 1. The summed E-state index contributed by atoms with van der Waals surface area (Å²) in [5.74, 6) is -0.126. The minimum Gasteiger partial charge on any atom is -0.324 e. The van der Waals surface area contributed by atoms with Crippen molar-refractivity contribution in [2.75, 3.05) is 5.32 Å². The molecule has 5 nitrogen and oxygen atoms in total. The van der Waals surface area contributed by atoms with Gasteiger partial charge < -0.3 is 5.32 Å². The highest BCUT2D eigenvalue weighted by molar-refractivity contribution is 8.01. The Balaban J connectivity index is 1.55. The minimum atomic E-state index is -0.530. The van der Waals surface area contributed by atoms with Crippen LogP contribution in [0.25, 0.3) is 0 Å². The molecule has 4 rings (SSSR count). The highest BCUT2D eigenvalue weighted by Gasteiger charge is 2.23. The molecule has 2 aromatic heterocycles. The number of aryl methyl sites for hydroxylation is 2. The highest BCUT2D eigenvalue weighted by Crippen LogP contribution is 2.32. The maximum Gasteiger partial charge on any atom is 0.253 e. The normalized spacial score (nSPS) is 11.9. The molecule has 0 spiro atoms. The van der Waals surface area contributed by atoms with Gasteiger partial charge in [-0.1, -0.05) is 42.1 Å². The van der Waals surface area contributed by atoms with E-state index < -0.39 is 6.04 Å². The van der Waals surface area contributed by atoms with E-state index in [2.05, 4.69) is 21.5 Å². The lowest BCUT2D eigenvalue weighted by molar-refractivity contribution is -0.118. The van der Waals surface area contributed by atoms with E-state index in [-0.39, 0.29) is 5.91 Å². The van der Waals surface area contributed by atoms with Crippen molar-refractivity contribution >= 4 is 34.7 Å². The van der Waals surface area contributed by atoms with Gasteiger partial charge in [-0.05, 0) is 49.2 Å². The number of carbonyl (C=O) groups excluding carboxylic acids is 1. The minimum absolute atomic E-state index is 0.126. The largest absolute Gasteiger partial charge is 0.324 e. The molecule has 0 saturated carbocycles. The van der Waals surface area contributed by atoms with Crippen molar-refractivity contribution < 1.29 is 4.79 Å². The van der Waals surface area contributed by atoms with E-state index in [9.17, 15) is 4.79 Å². The van der Waals surface area contributed by atoms with Crippen molar-refractivity contribution in [3.63, 3.8) is 0 Å². The maximum atomic E-state index is 13.2. The van der Waals surface area contributed by atoms with Crippen LogP contribution in [0.5, 0.6) is 0 Å². The van der Waals surface area contributed by atoms with Crippen LogP contribution in [0, 0.1) is 13.8 Å². The zero-order valence-electron chi connectivity index (χ0n) is 16.1. The molecule has 2 aromatic carbocycles. The number of benzene rings is 2. The van der Waals surface area contributed by atoms with E-state index in [1.165, 1.54) is 0 Å². The zero-order chi connectivity index (χ0) is 20.2. The molecular formula is C22H20N4OS2. The molecule has 0 bridgehead atoms. The quantitative estimate of drug-likeness (QED) is 0.458. The molecule has 0 aliphatic rings. The third-order valence-electron chi connectivity index (χ3n) is 4.41. The third-order valence-corrected chi connectivity index (χ3v) is 6.46. The van der Waals surface area contributed by atoms with Gasteiger partial charge in [-0.15, -0.1) is 11.3 Å². The van der Waals surface area contributed by atoms with Crippen molar-refractivity contribution in [1.29, 1.82) is 0 Å². The standard InChI is InChI=1S/C22H20N4OS2/c1-15-13-18(29-22-24-16(2)14-28-22)9-10-19(15)25-21(27)20(26-12-6-11-23-26)17-7-4-3-5-8-17/h3-14,20H,1-2H3,(H,25,27). The Morgan fingerprint density at radius 3 is 2.62 bits per heavy atom. The van der Waals surface area contributed by atoms with Gasteiger partial charge in [-0.25, -0.2) is 4.98 Å². The summed E-state index contributed by atoms with van der Waals surface area (Å²) in [4.78, 5) is 18.7. The first-order valence-electron chi connectivity index (χ1n) is 9.16. The molecule has 0 fully saturated rings. The van der Waals surface area contributed by atoms with Gasteiger partial charge in [0.05, 0.1) is 0 Å². The van der Waals surface area contributed by atoms with Gasteiger partial charge >= 0.3 is 0 Å². The van der Waals surface area contributed by atoms with Crippen LogP contribution < -0.4 is 5.32 Å². The van der Waals surface area contributed by atoms with Gasteiger partial charge in [0.15, 0.2) is 10.4 Å². The first kappa shape index (κ1) is 19.4. The molecule has 1 unspecified atom stereocenters. The Morgan fingerprint density at radius 1 is 1.14 bits per heavy atom. The van der Waals surface area contributed by atoms with Crippen molar-refractivity contribution in [3.8, 4) is 0 Å². The summed E-state index contributed by atoms with van der Waals surface area (Å²) in [5.41, 5.74) is 3.72. The molecule has 7 heteroatoms. The number of aromatic nitrogens is 3. The van der Waals surface area contributed by atoms with Crippen LogP contribution in [0.2, 0.25) is 0 Å². The second-order valence-corrected chi connectivity index (χ2v) is 8.80. The van der Waals surface area contributed by atoms with Crippen molar-refractivity contribution in [2.24, 2.45) is 0 Å². The number of rotatable bonds is 6. The smallest absolute Gasteiger partial charge is 0.253 e. The molecular weight excluding hydrogens is 400 g/mol. The molecule has 1 amide bonds. The summed E-state index contributed by atoms with van der Waals surface area (Å²) < 4.78 is 2.69. The molecule has 4 aromatic rings. The van der Waals surface area contributed by atoms with E-state index in [4.69, 9.17) is 0 Å². The molecule has 1 atom stereocenters. The van der Waals surface area contributed by atoms with E-state index in [1.54, 1.807) is 40.2 Å². The summed E-state index contributed by atoms with van der Waals surface area (Å²) >= 11 is 3.27. The van der Waals surface area contributed by atoms with Crippen LogP contribution in [-0.2, 0) is 4.79 Å². The van der Waals surface area contributed by atoms with Gasteiger partial charge in [-0.3, -0.25) is 9.48 Å². The number of carbonyl (C=O) groups is 1. The van der Waals surface area contributed by atoms with E-state index in [0.29, 0.717) is 0 Å². The molecule has 0 aliphatic heterocycles. The topological polar surface area (TPSA) is 59.8 Å². The van der Waals surface area contributed by atoms with Crippen molar-refractivity contribution in [2.45, 2.75) is 29.1 Å². The SMILES string of the molecule is Cc1csc(Sc2ccc(NC(=O)C(c3ccccc3)n3cccn3)c(C)c2)n1. The molecule has 2 heterocycles. The van der Waals surface area contributed by atoms with Crippen LogP contribution in [0.1, 0.15) is 22.9 Å². The molecule has 0 radical (unpaired) electrons. The average Bonchev–Trinajstić information content (AvgIpc) is 3.37. The van der Waals surface area contributed by atoms with E-state index in [1.807, 2.05) is 67.8 Å². The fraction of sp³-hybridized carbons (Fsp3) is 0.136. The van der Waals surface area contributed by atoms with Crippen LogP contribution >= 0.6 is 23.1 Å². The van der Waals surface area contributed by atoms with Gasteiger partial charge in [0, 0.05) is 34.1 Å². The van der Waals surface area contributed by atoms with Crippen LogP contribution in [-0.4, -0.2) is 20.7 Å². The Labute approximate surface area is 177 Å². The Hall–Kier alpha value is -2.90. The molecule has 0 saturated heterocycles. The third kappa shape index (κ3) is 4.58. The van der Waals surface area contributed by atoms with Crippen molar-refractivity contribution in [3.05, 3.63) is 89.2 Å². The lowest BCUT2D eigenvalue weighted by atomic mass is 10.1. The summed E-state index contributed by atoms with van der Waals surface area (Å²) in [6, 6.07) is 17.0. The Morgan fingerprint density at radius 2 is 1.97 bits per heavy atom. The van der Waals surface area contributed by atoms with Gasteiger partial charge in [-0.2, -0.15) is 5.10 Å². The number of hydrogen-bond acceptors (Lipinski definition) is 5. The zero-order valence-corrected chi connectivity index (χ0v) is 17.7. The number of anilines is 1. The summed E-state index contributed by atoms with van der Waals surface area (Å²) in [6.07, 6.45) is 3.49. The lowest BCUT2D eigenvalue weighted by Gasteiger charge is -2.19. The highest BCUT2D eigenvalue weighted by atomic mass is 32.2. The first-order chi connectivity index (χ1) is 14.1. The van der Waals surface area contributed by atoms with Crippen LogP contribution in [0.3, 0.4) is 0 Å². The van der Waals surface area contributed by atoms with E-state index in [0.717, 1.165) is 31.7 Å². The monoisotopic (exact) mass is 420 g/mol. The predicted octanol–water partition coefficient (Wildman–Crippen LogP) is 5.34. The van der Waals surface area contributed by atoms with E-state index >= 15 is 0 Å². The number of hydrogen-bond donors (Lipinski definition) is 1. The number of amides is 1. The summed E-state index contributed by atoms with van der Waals surface area (Å²) in [7, 11) is 0. The number of nitrogens with zero attached hydrogens (tertiary/aromatic N) is 3. The molecule has 146 valence electrons. The lowest BCUT2D eigenvalue weighted by Crippen LogP contribution is -2.27. The molecule has 29 heavy (non-hydrogen) atoms. The predicted molar refractivity (Wildman–Crippen MR) is 118 cm³/mol. The van der Waals surface area contributed by atoms with Gasteiger partial charge in [0.25, 0.3) is 5.91 Å². The van der Waals surface area contributed by atoms with Crippen LogP contribution in [0.15, 0.2) is 81.6 Å². The maximum absolute atomic E-state index is 13.2. The van der Waals surface area contributed by atoms with Gasteiger partial charge in [0.1, 0.15) is 0 Å². The summed E-state index contributed by atoms with van der Waals surface area (Å²) in [5, 5.41) is 9.40. The van der Waals surface area contributed by atoms with Crippen molar-refractivity contribution in [1.82, 2.24) is 14.8 Å². The number of thiazole rings is 1. The molecule has 1 N–H and O–H groups in total. The Kier molecular flexibility index (Phi) is 5.78. The second kappa shape index (κ2) is 8.63. The first-order valence-corrected chi connectivity index (χ1v) is 10.9. The average molecular weight is 421 g/mol. The van der Waals surface area contributed by atoms with Crippen LogP contribution in [0.4, 0.5) is 5.69 Å². The molecule has 0 aliphatic carbocycles. The Bertz CT molecular complexity index is 1110. The fourth-order valence-electron chi connectivity index (χ4n) is 3.01. The fourth-order valence-corrected chi connectivity index (χ4v) is 4.92.